The van der Waals surface area contributed by atoms with Gasteiger partial charge in [0.05, 0.1) is 36.2 Å². The maximum Gasteiger partial charge on any atom is 0.261 e. The van der Waals surface area contributed by atoms with Crippen molar-refractivity contribution in [3.05, 3.63) is 112 Å². The van der Waals surface area contributed by atoms with E-state index in [4.69, 9.17) is 34.8 Å². The van der Waals surface area contributed by atoms with Gasteiger partial charge in [0.25, 0.3) is 26.0 Å². The normalized spacial score (nSPS) is 11.6. The Morgan fingerprint density at radius 3 is 1.84 bits per heavy atom. The molecular weight excluding hydrogens is 593 g/mol. The summed E-state index contributed by atoms with van der Waals surface area (Å²) in [5.41, 5.74) is 0.711. The van der Waals surface area contributed by atoms with Crippen LogP contribution in [-0.4, -0.2) is 22.7 Å². The predicted molar refractivity (Wildman–Crippen MR) is 150 cm³/mol. The Bertz CT molecular complexity index is 1720. The average molecular weight is 611 g/mol. The molecular formula is C25H18Cl3N3O5S2. The number of hydrogen-bond acceptors (Lipinski definition) is 5. The third-order valence-electron chi connectivity index (χ3n) is 5.15. The lowest BCUT2D eigenvalue weighted by Gasteiger charge is -2.12. The number of halogens is 3. The first-order valence-electron chi connectivity index (χ1n) is 10.7. The van der Waals surface area contributed by atoms with Crippen molar-refractivity contribution in [3.8, 4) is 0 Å². The molecule has 0 aliphatic carbocycles. The number of amides is 1. The van der Waals surface area contributed by atoms with E-state index in [1.165, 1.54) is 66.7 Å². The first kappa shape index (κ1) is 27.7. The van der Waals surface area contributed by atoms with Gasteiger partial charge >= 0.3 is 0 Å². The van der Waals surface area contributed by atoms with Crippen LogP contribution in [0.4, 0.5) is 17.1 Å². The molecule has 0 unspecified atom stereocenters. The quantitative estimate of drug-likeness (QED) is 0.210. The van der Waals surface area contributed by atoms with E-state index < -0.39 is 26.0 Å². The summed E-state index contributed by atoms with van der Waals surface area (Å²) < 4.78 is 55.3. The molecule has 3 N–H and O–H groups in total. The molecule has 0 aliphatic heterocycles. The van der Waals surface area contributed by atoms with Gasteiger partial charge in [0, 0.05) is 11.3 Å². The van der Waals surface area contributed by atoms with Crippen molar-refractivity contribution in [1.29, 1.82) is 0 Å². The lowest BCUT2D eigenvalue weighted by molar-refractivity contribution is 0.102. The minimum Gasteiger partial charge on any atom is -0.322 e. The highest BCUT2D eigenvalue weighted by Crippen LogP contribution is 2.31. The van der Waals surface area contributed by atoms with E-state index >= 15 is 0 Å². The average Bonchev–Trinajstić information content (AvgIpc) is 2.88. The molecule has 196 valence electrons. The van der Waals surface area contributed by atoms with Gasteiger partial charge in [0.1, 0.15) is 0 Å². The third kappa shape index (κ3) is 6.40. The van der Waals surface area contributed by atoms with Crippen LogP contribution in [0.5, 0.6) is 0 Å². The number of hydrogen-bond donors (Lipinski definition) is 3. The first-order valence-corrected chi connectivity index (χ1v) is 14.8. The molecule has 4 rings (SSSR count). The van der Waals surface area contributed by atoms with Gasteiger partial charge in [-0.15, -0.1) is 0 Å². The fraction of sp³-hybridized carbons (Fsp3) is 0. The lowest BCUT2D eigenvalue weighted by Crippen LogP contribution is -2.15. The van der Waals surface area contributed by atoms with E-state index in [2.05, 4.69) is 14.8 Å². The molecule has 0 radical (unpaired) electrons. The van der Waals surface area contributed by atoms with Crippen LogP contribution in [0.25, 0.3) is 0 Å². The number of nitrogens with one attached hydrogen (secondary N) is 3. The zero-order valence-corrected chi connectivity index (χ0v) is 23.1. The smallest absolute Gasteiger partial charge is 0.261 e. The topological polar surface area (TPSA) is 121 Å². The molecule has 0 aromatic heterocycles. The highest BCUT2D eigenvalue weighted by molar-refractivity contribution is 7.93. The van der Waals surface area contributed by atoms with Gasteiger partial charge < -0.3 is 5.32 Å². The Balaban J connectivity index is 1.45. The summed E-state index contributed by atoms with van der Waals surface area (Å²) >= 11 is 18.2. The van der Waals surface area contributed by atoms with Crippen LogP contribution >= 0.6 is 34.8 Å². The summed E-state index contributed by atoms with van der Waals surface area (Å²) in [5, 5.41) is 2.92. The molecule has 0 saturated heterocycles. The van der Waals surface area contributed by atoms with Crippen LogP contribution in [0.2, 0.25) is 15.1 Å². The van der Waals surface area contributed by atoms with E-state index in [0.717, 1.165) is 0 Å². The predicted octanol–water partition coefficient (Wildman–Crippen LogP) is 6.50. The Kier molecular flexibility index (Phi) is 8.19. The number of sulfonamides is 2. The maximum absolute atomic E-state index is 12.7. The van der Waals surface area contributed by atoms with Gasteiger partial charge in [-0.1, -0.05) is 59.1 Å². The summed E-state index contributed by atoms with van der Waals surface area (Å²) in [5.74, 6) is -0.538. The fourth-order valence-corrected chi connectivity index (χ4v) is 6.11. The van der Waals surface area contributed by atoms with Crippen LogP contribution in [-0.2, 0) is 20.0 Å². The minimum absolute atomic E-state index is 0.0179. The Morgan fingerprint density at radius 1 is 0.605 bits per heavy atom. The fourth-order valence-electron chi connectivity index (χ4n) is 3.25. The highest BCUT2D eigenvalue weighted by Gasteiger charge is 2.18. The molecule has 13 heteroatoms. The van der Waals surface area contributed by atoms with E-state index in [9.17, 15) is 21.6 Å². The zero-order valence-electron chi connectivity index (χ0n) is 19.2. The summed E-state index contributed by atoms with van der Waals surface area (Å²) in [4.78, 5) is 12.7. The molecule has 0 saturated carbocycles. The lowest BCUT2D eigenvalue weighted by atomic mass is 10.2. The number of carbonyl (C=O) groups is 1. The van der Waals surface area contributed by atoms with Crippen molar-refractivity contribution >= 4 is 77.8 Å². The Morgan fingerprint density at radius 2 is 1.21 bits per heavy atom. The standard InChI is InChI=1S/C25H18Cl3N3O5S2/c26-20-7-4-8-23(24(20)28)31-38(35,36)19-12-10-17(11-13-19)29-25(32)16-9-14-22(21(27)15-16)30-37(33,34)18-5-2-1-3-6-18/h1-15,30-31H,(H,29,32). The monoisotopic (exact) mass is 609 g/mol. The van der Waals surface area contributed by atoms with Crippen LogP contribution in [0.15, 0.2) is 101 Å². The van der Waals surface area contributed by atoms with Crippen LogP contribution in [0, 0.1) is 0 Å². The molecule has 4 aromatic carbocycles. The maximum atomic E-state index is 12.7. The van der Waals surface area contributed by atoms with Gasteiger partial charge in [-0.05, 0) is 66.7 Å². The number of rotatable bonds is 8. The van der Waals surface area contributed by atoms with Gasteiger partial charge in [0.2, 0.25) is 0 Å². The van der Waals surface area contributed by atoms with E-state index in [0.29, 0.717) is 5.69 Å². The van der Waals surface area contributed by atoms with Crippen LogP contribution in [0.3, 0.4) is 0 Å². The van der Waals surface area contributed by atoms with Gasteiger partial charge in [0.15, 0.2) is 0 Å². The molecule has 0 fully saturated rings. The van der Waals surface area contributed by atoms with Crippen molar-refractivity contribution in [3.63, 3.8) is 0 Å². The largest absolute Gasteiger partial charge is 0.322 e. The van der Waals surface area contributed by atoms with E-state index in [1.807, 2.05) is 0 Å². The molecule has 38 heavy (non-hydrogen) atoms. The van der Waals surface area contributed by atoms with E-state index in [-0.39, 0.29) is 41.8 Å². The molecule has 4 aromatic rings. The SMILES string of the molecule is O=C(Nc1ccc(S(=O)(=O)Nc2cccc(Cl)c2Cl)cc1)c1ccc(NS(=O)(=O)c2ccccc2)c(Cl)c1. The van der Waals surface area contributed by atoms with E-state index in [1.54, 1.807) is 24.3 Å². The third-order valence-corrected chi connectivity index (χ3v) is 9.04. The number of benzene rings is 4. The Hall–Kier alpha value is -3.28. The van der Waals surface area contributed by atoms with Crippen LogP contribution in [0.1, 0.15) is 10.4 Å². The zero-order chi connectivity index (χ0) is 27.5. The summed E-state index contributed by atoms with van der Waals surface area (Å²) in [7, 11) is -7.84. The van der Waals surface area contributed by atoms with Crippen molar-refractivity contribution in [2.24, 2.45) is 0 Å². The molecule has 8 nitrogen and oxygen atoms in total. The van der Waals surface area contributed by atoms with Gasteiger partial charge in [-0.2, -0.15) is 0 Å². The molecule has 1 amide bonds. The number of anilines is 3. The molecule has 0 aliphatic rings. The summed E-state index contributed by atoms with van der Waals surface area (Å²) in [6, 6.07) is 21.9. The first-order chi connectivity index (χ1) is 18.0. The molecule has 0 heterocycles. The molecule has 0 spiro atoms. The van der Waals surface area contributed by atoms with Crippen molar-refractivity contribution in [1.82, 2.24) is 0 Å². The van der Waals surface area contributed by atoms with Crippen LogP contribution < -0.4 is 14.8 Å². The minimum atomic E-state index is -3.97. The van der Waals surface area contributed by atoms with Crippen molar-refractivity contribution in [2.75, 3.05) is 14.8 Å². The second-order valence-corrected chi connectivity index (χ2v) is 12.4. The summed E-state index contributed by atoms with van der Waals surface area (Å²) in [6.45, 7) is 0. The number of carbonyl (C=O) groups excluding carboxylic acids is 1. The second kappa shape index (κ2) is 11.2. The van der Waals surface area contributed by atoms with Crippen molar-refractivity contribution < 1.29 is 21.6 Å². The summed E-state index contributed by atoms with van der Waals surface area (Å²) in [6.07, 6.45) is 0. The molecule has 0 bridgehead atoms. The highest BCUT2D eigenvalue weighted by atomic mass is 35.5. The van der Waals surface area contributed by atoms with Gasteiger partial charge in [-0.3, -0.25) is 14.2 Å². The second-order valence-electron chi connectivity index (χ2n) is 7.80. The Labute approximate surface area is 234 Å². The van der Waals surface area contributed by atoms with Gasteiger partial charge in [-0.25, -0.2) is 16.8 Å². The molecule has 0 atom stereocenters. The van der Waals surface area contributed by atoms with Crippen molar-refractivity contribution in [2.45, 2.75) is 9.79 Å².